The molecule has 5 heteroatoms. The molecule has 1 aromatic rings. The van der Waals surface area contributed by atoms with E-state index >= 15 is 0 Å². The number of ketones is 1. The molecule has 1 aromatic carbocycles. The molecule has 0 amide bonds. The molecule has 0 bridgehead atoms. The second-order valence-corrected chi connectivity index (χ2v) is 3.68. The van der Waals surface area contributed by atoms with Gasteiger partial charge in [0.25, 0.3) is 0 Å². The van der Waals surface area contributed by atoms with Crippen molar-refractivity contribution in [1.82, 2.24) is 0 Å². The smallest absolute Gasteiger partial charge is 0.340 e. The fourth-order valence-corrected chi connectivity index (χ4v) is 1.71. The molecule has 0 aliphatic carbocycles. The van der Waals surface area contributed by atoms with Crippen LogP contribution < -0.4 is 0 Å². The van der Waals surface area contributed by atoms with Crippen molar-refractivity contribution in [1.29, 1.82) is 0 Å². The summed E-state index contributed by atoms with van der Waals surface area (Å²) in [7, 11) is 1.23. The molecule has 0 spiro atoms. The Bertz CT molecular complexity index is 404. The van der Waals surface area contributed by atoms with Gasteiger partial charge in [0, 0.05) is 5.56 Å². The number of carbonyl (C=O) groups is 2. The Morgan fingerprint density at radius 2 is 1.67 bits per heavy atom. The Balaban J connectivity index is 3.33. The van der Waals surface area contributed by atoms with Crippen LogP contribution in [0.15, 0.2) is 12.1 Å². The van der Waals surface area contributed by atoms with E-state index in [0.717, 1.165) is 0 Å². The van der Waals surface area contributed by atoms with Gasteiger partial charge in [-0.15, -0.1) is 0 Å². The van der Waals surface area contributed by atoms with E-state index in [1.54, 1.807) is 0 Å². The van der Waals surface area contributed by atoms with E-state index in [4.69, 9.17) is 23.2 Å². The Morgan fingerprint density at radius 3 is 2.00 bits per heavy atom. The van der Waals surface area contributed by atoms with Crippen molar-refractivity contribution in [3.05, 3.63) is 33.3 Å². The molecule has 80 valence electrons. The van der Waals surface area contributed by atoms with E-state index in [0.29, 0.717) is 5.56 Å². The summed E-state index contributed by atoms with van der Waals surface area (Å²) < 4.78 is 4.51. The van der Waals surface area contributed by atoms with E-state index in [9.17, 15) is 9.59 Å². The molecule has 0 aromatic heterocycles. The highest BCUT2D eigenvalue weighted by Gasteiger charge is 2.17. The summed E-state index contributed by atoms with van der Waals surface area (Å²) in [5.41, 5.74) is 0.434. The lowest BCUT2D eigenvalue weighted by Gasteiger charge is -2.06. The van der Waals surface area contributed by atoms with Gasteiger partial charge in [-0.2, -0.15) is 0 Å². The standard InChI is InChI=1S/C10H8Cl2O3/c1-5(13)6-3-7(11)9(8(12)4-6)10(14)15-2/h3-4H,1-2H3. The molecule has 1 rings (SSSR count). The van der Waals surface area contributed by atoms with Gasteiger partial charge in [-0.25, -0.2) is 4.79 Å². The van der Waals surface area contributed by atoms with Crippen LogP contribution in [0.5, 0.6) is 0 Å². The van der Waals surface area contributed by atoms with Crippen LogP contribution in [0.4, 0.5) is 0 Å². The van der Waals surface area contributed by atoms with Crippen LogP contribution in [0.3, 0.4) is 0 Å². The third kappa shape index (κ3) is 2.49. The van der Waals surface area contributed by atoms with Crippen molar-refractivity contribution in [2.75, 3.05) is 7.11 Å². The maximum absolute atomic E-state index is 11.3. The highest BCUT2D eigenvalue weighted by molar-refractivity contribution is 6.39. The minimum absolute atomic E-state index is 0.0748. The fourth-order valence-electron chi connectivity index (χ4n) is 1.07. The summed E-state index contributed by atoms with van der Waals surface area (Å²) in [6.07, 6.45) is 0. The highest BCUT2D eigenvalue weighted by Crippen LogP contribution is 2.27. The number of Topliss-reactive ketones (excluding diaryl/α,β-unsaturated/α-hetero) is 1. The van der Waals surface area contributed by atoms with E-state index in [2.05, 4.69) is 4.74 Å². The topological polar surface area (TPSA) is 43.4 Å². The van der Waals surface area contributed by atoms with Crippen LogP contribution >= 0.6 is 23.2 Å². The SMILES string of the molecule is COC(=O)c1c(Cl)cc(C(C)=O)cc1Cl. The zero-order chi connectivity index (χ0) is 11.6. The summed E-state index contributed by atoms with van der Waals surface area (Å²) >= 11 is 11.6. The number of methoxy groups -OCH3 is 1. The predicted octanol–water partition coefficient (Wildman–Crippen LogP) is 2.98. The number of halogens is 2. The van der Waals surface area contributed by atoms with Crippen LogP contribution in [0.1, 0.15) is 27.6 Å². The lowest BCUT2D eigenvalue weighted by molar-refractivity contribution is 0.0601. The number of rotatable bonds is 2. The predicted molar refractivity (Wildman–Crippen MR) is 57.8 cm³/mol. The number of hydrogen-bond acceptors (Lipinski definition) is 3. The lowest BCUT2D eigenvalue weighted by atomic mass is 10.1. The first-order valence-corrected chi connectivity index (χ1v) is 4.81. The first kappa shape index (κ1) is 12.0. The maximum Gasteiger partial charge on any atom is 0.340 e. The number of benzene rings is 1. The Kier molecular flexibility index (Phi) is 3.72. The van der Waals surface area contributed by atoms with Gasteiger partial charge in [0.2, 0.25) is 0 Å². The van der Waals surface area contributed by atoms with E-state index in [1.807, 2.05) is 0 Å². The Hall–Kier alpha value is -1.06. The molecule has 0 heterocycles. The molecule has 0 N–H and O–H groups in total. The molecular formula is C10H8Cl2O3. The zero-order valence-electron chi connectivity index (χ0n) is 8.14. The van der Waals surface area contributed by atoms with E-state index in [1.165, 1.54) is 26.2 Å². The summed E-state index contributed by atoms with van der Waals surface area (Å²) in [5, 5.41) is 0.221. The van der Waals surface area contributed by atoms with Crippen LogP contribution in [-0.2, 0) is 4.74 Å². The van der Waals surface area contributed by atoms with Crippen molar-refractivity contribution in [3.63, 3.8) is 0 Å². The monoisotopic (exact) mass is 246 g/mol. The van der Waals surface area contributed by atoms with Crippen molar-refractivity contribution in [2.45, 2.75) is 6.92 Å². The van der Waals surface area contributed by atoms with Gasteiger partial charge in [-0.3, -0.25) is 4.79 Å². The molecule has 0 saturated heterocycles. The molecule has 3 nitrogen and oxygen atoms in total. The third-order valence-corrected chi connectivity index (χ3v) is 2.43. The van der Waals surface area contributed by atoms with Gasteiger partial charge in [-0.1, -0.05) is 23.2 Å². The average molecular weight is 247 g/mol. The summed E-state index contributed by atoms with van der Waals surface area (Å²) in [6, 6.07) is 2.78. The second-order valence-electron chi connectivity index (χ2n) is 2.86. The summed E-state index contributed by atoms with van der Waals surface area (Å²) in [6.45, 7) is 1.39. The minimum Gasteiger partial charge on any atom is -0.465 e. The van der Waals surface area contributed by atoms with Crippen LogP contribution in [0, 0.1) is 0 Å². The Morgan fingerprint density at radius 1 is 1.20 bits per heavy atom. The van der Waals surface area contributed by atoms with Crippen molar-refractivity contribution in [2.24, 2.45) is 0 Å². The fraction of sp³-hybridized carbons (Fsp3) is 0.200. The quantitative estimate of drug-likeness (QED) is 0.596. The van der Waals surface area contributed by atoms with Crippen LogP contribution in [-0.4, -0.2) is 18.9 Å². The summed E-state index contributed by atoms with van der Waals surface area (Å²) in [5.74, 6) is -0.796. The van der Waals surface area contributed by atoms with Crippen molar-refractivity contribution in [3.8, 4) is 0 Å². The third-order valence-electron chi connectivity index (χ3n) is 1.84. The molecule has 0 unspecified atom stereocenters. The molecule has 0 aliphatic rings. The molecule has 15 heavy (non-hydrogen) atoms. The van der Waals surface area contributed by atoms with Crippen LogP contribution in [0.2, 0.25) is 10.0 Å². The van der Waals surface area contributed by atoms with Gasteiger partial charge >= 0.3 is 5.97 Å². The first-order valence-electron chi connectivity index (χ1n) is 4.05. The van der Waals surface area contributed by atoms with Gasteiger partial charge in [-0.05, 0) is 19.1 Å². The zero-order valence-corrected chi connectivity index (χ0v) is 9.65. The molecule has 0 saturated carbocycles. The molecule has 0 radical (unpaired) electrons. The number of ether oxygens (including phenoxy) is 1. The van der Waals surface area contributed by atoms with Crippen molar-refractivity contribution >= 4 is 35.0 Å². The highest BCUT2D eigenvalue weighted by atomic mass is 35.5. The van der Waals surface area contributed by atoms with Gasteiger partial charge in [0.1, 0.15) is 0 Å². The van der Waals surface area contributed by atoms with E-state index in [-0.39, 0.29) is 21.4 Å². The first-order chi connectivity index (χ1) is 6.97. The van der Waals surface area contributed by atoms with Gasteiger partial charge in [0.05, 0.1) is 22.7 Å². The normalized spacial score (nSPS) is 9.87. The number of hydrogen-bond donors (Lipinski definition) is 0. The van der Waals surface area contributed by atoms with Crippen LogP contribution in [0.25, 0.3) is 0 Å². The Labute approximate surface area is 96.9 Å². The van der Waals surface area contributed by atoms with E-state index < -0.39 is 5.97 Å². The van der Waals surface area contributed by atoms with Gasteiger partial charge in [0.15, 0.2) is 5.78 Å². The largest absolute Gasteiger partial charge is 0.465 e. The lowest BCUT2D eigenvalue weighted by Crippen LogP contribution is -2.05. The minimum atomic E-state index is -0.625. The molecule has 0 aliphatic heterocycles. The number of esters is 1. The number of carbonyl (C=O) groups excluding carboxylic acids is 2. The average Bonchev–Trinajstić information content (AvgIpc) is 2.16. The van der Waals surface area contributed by atoms with Gasteiger partial charge < -0.3 is 4.74 Å². The molecular weight excluding hydrogens is 239 g/mol. The molecule has 0 fully saturated rings. The van der Waals surface area contributed by atoms with Crippen molar-refractivity contribution < 1.29 is 14.3 Å². The summed E-state index contributed by atoms with van der Waals surface area (Å²) in [4.78, 5) is 22.3. The maximum atomic E-state index is 11.3. The second kappa shape index (κ2) is 4.64. The molecule has 0 atom stereocenters.